The van der Waals surface area contributed by atoms with E-state index in [9.17, 15) is 14.0 Å². The van der Waals surface area contributed by atoms with Crippen LogP contribution in [-0.4, -0.2) is 27.3 Å². The van der Waals surface area contributed by atoms with Crippen molar-refractivity contribution in [1.82, 2.24) is 14.1 Å². The zero-order valence-corrected chi connectivity index (χ0v) is 24.2. The van der Waals surface area contributed by atoms with Crippen molar-refractivity contribution in [3.05, 3.63) is 102 Å². The molecule has 8 nitrogen and oxygen atoms in total. The van der Waals surface area contributed by atoms with Gasteiger partial charge < -0.3 is 13.9 Å². The van der Waals surface area contributed by atoms with Crippen molar-refractivity contribution in [1.29, 1.82) is 0 Å². The first-order chi connectivity index (χ1) is 18.6. The zero-order chi connectivity index (χ0) is 28.0. The molecule has 12 heteroatoms. The van der Waals surface area contributed by atoms with Crippen molar-refractivity contribution >= 4 is 56.7 Å². The molecule has 1 aliphatic heterocycles. The summed E-state index contributed by atoms with van der Waals surface area (Å²) in [6.45, 7) is 4.11. The third-order valence-electron chi connectivity index (χ3n) is 6.45. The Bertz CT molecular complexity index is 1640. The molecule has 3 heterocycles. The smallest absolute Gasteiger partial charge is 0.328 e. The number of fused-ring (bicyclic) bond motifs is 1. The molecule has 0 bridgehead atoms. The van der Waals surface area contributed by atoms with Gasteiger partial charge in [-0.3, -0.25) is 15.0 Å². The van der Waals surface area contributed by atoms with Crippen LogP contribution < -0.4 is 20.5 Å². The number of benzene rings is 2. The number of rotatable bonds is 6. The molecule has 2 aromatic carbocycles. The lowest BCUT2D eigenvalue weighted by atomic mass is 9.98. The minimum atomic E-state index is -0.915. The number of nitrogens with zero attached hydrogens (tertiary/aromatic N) is 4. The topological polar surface area (TPSA) is 81.4 Å². The molecular formula is C27H23BrCl2FN5O3. The third kappa shape index (κ3) is 5.04. The van der Waals surface area contributed by atoms with Gasteiger partial charge in [0.15, 0.2) is 10.6 Å². The molecule has 0 spiro atoms. The molecule has 1 aliphatic rings. The number of amides is 2. The van der Waals surface area contributed by atoms with Crippen LogP contribution in [0.15, 0.2) is 64.3 Å². The highest BCUT2D eigenvalue weighted by Gasteiger charge is 2.41. The Kier molecular flexibility index (Phi) is 7.45. The number of nitrogens with one attached hydrogen (secondary N) is 1. The highest BCUT2D eigenvalue weighted by atomic mass is 79.9. The maximum absolute atomic E-state index is 14.7. The summed E-state index contributed by atoms with van der Waals surface area (Å²) in [4.78, 5) is 33.2. The number of urea groups is 1. The fourth-order valence-corrected chi connectivity index (χ4v) is 5.82. The molecule has 1 N–H and O–H groups in total. The first-order valence-corrected chi connectivity index (χ1v) is 13.5. The lowest BCUT2D eigenvalue weighted by Crippen LogP contribution is -2.46. The second-order valence-corrected chi connectivity index (χ2v) is 10.8. The van der Waals surface area contributed by atoms with Crippen molar-refractivity contribution in [3.63, 3.8) is 0 Å². The van der Waals surface area contributed by atoms with Crippen LogP contribution in [0.2, 0.25) is 10.0 Å². The van der Waals surface area contributed by atoms with Gasteiger partial charge in [0.2, 0.25) is 0 Å². The van der Waals surface area contributed by atoms with Gasteiger partial charge in [0.05, 0.1) is 29.4 Å². The van der Waals surface area contributed by atoms with Crippen LogP contribution in [0.25, 0.3) is 0 Å². The number of ether oxygens (including phenoxy) is 1. The predicted molar refractivity (Wildman–Crippen MR) is 153 cm³/mol. The van der Waals surface area contributed by atoms with Gasteiger partial charge in [-0.25, -0.2) is 14.2 Å². The molecular weight excluding hydrogens is 612 g/mol. The average Bonchev–Trinajstić information content (AvgIpc) is 3.22. The molecule has 2 amide bonds. The molecule has 0 radical (unpaired) electrons. The Labute approximate surface area is 242 Å². The Hall–Kier alpha value is -3.34. The second-order valence-electron chi connectivity index (χ2n) is 9.28. The van der Waals surface area contributed by atoms with Gasteiger partial charge in [-0.15, -0.1) is 0 Å². The predicted octanol–water partition coefficient (Wildman–Crippen LogP) is 7.03. The fraction of sp³-hybridized carbons (Fsp3) is 0.222. The van der Waals surface area contributed by atoms with E-state index in [1.54, 1.807) is 25.3 Å². The van der Waals surface area contributed by atoms with Crippen molar-refractivity contribution in [2.45, 2.75) is 32.5 Å². The molecule has 2 aromatic heterocycles. The summed E-state index contributed by atoms with van der Waals surface area (Å²) in [7, 11) is 1.57. The molecule has 0 saturated carbocycles. The van der Waals surface area contributed by atoms with Gasteiger partial charge in [-0.05, 0) is 71.2 Å². The summed E-state index contributed by atoms with van der Waals surface area (Å²) in [5, 5.41) is 2.96. The Balaban J connectivity index is 1.70. The van der Waals surface area contributed by atoms with Crippen LogP contribution >= 0.6 is 39.1 Å². The lowest BCUT2D eigenvalue weighted by molar-refractivity contribution is 0.254. The quantitative estimate of drug-likeness (QED) is 0.247. The van der Waals surface area contributed by atoms with Crippen LogP contribution in [0.5, 0.6) is 5.75 Å². The standard InChI is InChI=1S/C27H23BrCl2FN5O3/c1-14(2)35-23-22(16-6-9-19(30)20(31)10-16)36(27(38)33-24(23)32-26(35)28)21-11-17(29)13-34(25(21)37)12-15-4-7-18(39-3)8-5-15/h4-11,13-14,22H,12H2,1-3H3,(H,33,38). The number of halogens is 4. The maximum Gasteiger partial charge on any atom is 0.328 e. The number of carbonyl (C=O) groups is 1. The number of methoxy groups -OCH3 is 1. The van der Waals surface area contributed by atoms with Crippen LogP contribution in [0, 0.1) is 5.82 Å². The number of carbonyl (C=O) groups excluding carboxylic acids is 1. The van der Waals surface area contributed by atoms with Crippen LogP contribution in [0.3, 0.4) is 0 Å². The van der Waals surface area contributed by atoms with E-state index in [1.165, 1.54) is 33.9 Å². The van der Waals surface area contributed by atoms with Crippen molar-refractivity contribution < 1.29 is 13.9 Å². The number of anilines is 2. The highest BCUT2D eigenvalue weighted by molar-refractivity contribution is 9.10. The summed E-state index contributed by atoms with van der Waals surface area (Å²) in [6.07, 6.45) is 1.51. The zero-order valence-electron chi connectivity index (χ0n) is 21.1. The first-order valence-electron chi connectivity index (χ1n) is 11.9. The molecule has 4 aromatic rings. The van der Waals surface area contributed by atoms with E-state index < -0.39 is 23.4 Å². The van der Waals surface area contributed by atoms with E-state index in [0.29, 0.717) is 27.6 Å². The van der Waals surface area contributed by atoms with Gasteiger partial charge in [-0.1, -0.05) is 41.4 Å². The van der Waals surface area contributed by atoms with E-state index >= 15 is 0 Å². The van der Waals surface area contributed by atoms with Crippen LogP contribution in [0.1, 0.15) is 42.8 Å². The largest absolute Gasteiger partial charge is 0.497 e. The summed E-state index contributed by atoms with van der Waals surface area (Å²) >= 11 is 15.9. The van der Waals surface area contributed by atoms with Crippen LogP contribution in [-0.2, 0) is 6.54 Å². The molecule has 0 fully saturated rings. The average molecular weight is 635 g/mol. The van der Waals surface area contributed by atoms with Crippen molar-refractivity contribution in [2.24, 2.45) is 0 Å². The highest BCUT2D eigenvalue weighted by Crippen LogP contribution is 2.43. The minimum Gasteiger partial charge on any atom is -0.497 e. The minimum absolute atomic E-state index is 0.0205. The third-order valence-corrected chi connectivity index (χ3v) is 7.52. The van der Waals surface area contributed by atoms with Gasteiger partial charge in [0.1, 0.15) is 23.3 Å². The normalized spacial score (nSPS) is 14.9. The molecule has 1 atom stereocenters. The summed E-state index contributed by atoms with van der Waals surface area (Å²) < 4.78 is 23.7. The van der Waals surface area contributed by atoms with Crippen molar-refractivity contribution in [3.8, 4) is 5.75 Å². The molecule has 1 unspecified atom stereocenters. The van der Waals surface area contributed by atoms with Crippen LogP contribution in [0.4, 0.5) is 20.7 Å². The van der Waals surface area contributed by atoms with E-state index in [2.05, 4.69) is 26.2 Å². The summed E-state index contributed by atoms with van der Waals surface area (Å²) in [5.74, 6) is 0.335. The number of hydrogen-bond acceptors (Lipinski definition) is 4. The molecule has 39 heavy (non-hydrogen) atoms. The Morgan fingerprint density at radius 2 is 1.85 bits per heavy atom. The van der Waals surface area contributed by atoms with E-state index in [4.69, 9.17) is 27.9 Å². The second kappa shape index (κ2) is 10.7. The Morgan fingerprint density at radius 3 is 2.49 bits per heavy atom. The number of hydrogen-bond donors (Lipinski definition) is 1. The monoisotopic (exact) mass is 633 g/mol. The maximum atomic E-state index is 14.7. The van der Waals surface area contributed by atoms with Gasteiger partial charge in [-0.2, -0.15) is 0 Å². The summed E-state index contributed by atoms with van der Waals surface area (Å²) in [6, 6.07) is 11.4. The number of aromatic nitrogens is 3. The summed E-state index contributed by atoms with van der Waals surface area (Å²) in [5.41, 5.74) is 1.37. The van der Waals surface area contributed by atoms with Crippen molar-refractivity contribution in [2.75, 3.05) is 17.3 Å². The molecule has 202 valence electrons. The fourth-order valence-electron chi connectivity index (χ4n) is 4.70. The van der Waals surface area contributed by atoms with E-state index in [-0.39, 0.29) is 28.3 Å². The van der Waals surface area contributed by atoms with Gasteiger partial charge in [0, 0.05) is 12.2 Å². The van der Waals surface area contributed by atoms with Gasteiger partial charge in [0.25, 0.3) is 5.56 Å². The number of imidazole rings is 1. The van der Waals surface area contributed by atoms with E-state index in [0.717, 1.165) is 5.56 Å². The van der Waals surface area contributed by atoms with Gasteiger partial charge >= 0.3 is 6.03 Å². The Morgan fingerprint density at radius 1 is 1.13 bits per heavy atom. The first kappa shape index (κ1) is 27.2. The SMILES string of the molecule is COc1ccc(Cn2cc(Cl)cc(N3C(=O)Nc4nc(Br)n(C(C)C)c4C3c3ccc(Cl)c(F)c3)c2=O)cc1. The molecule has 0 aliphatic carbocycles. The molecule has 5 rings (SSSR count). The number of pyridine rings is 1. The molecule has 0 saturated heterocycles. The van der Waals surface area contributed by atoms with E-state index in [1.807, 2.05) is 30.5 Å². The lowest BCUT2D eigenvalue weighted by Gasteiger charge is -2.37.